The van der Waals surface area contributed by atoms with Crippen LogP contribution in [0.1, 0.15) is 52.9 Å². The van der Waals surface area contributed by atoms with E-state index >= 15 is 8.78 Å². The Bertz CT molecular complexity index is 775. The highest BCUT2D eigenvalue weighted by Crippen LogP contribution is 2.70. The van der Waals surface area contributed by atoms with Gasteiger partial charge >= 0.3 is 23.9 Å². The van der Waals surface area contributed by atoms with Gasteiger partial charge in [0.15, 0.2) is 5.79 Å². The van der Waals surface area contributed by atoms with Gasteiger partial charge < -0.3 is 19.3 Å². The molecule has 5 fully saturated rings. The van der Waals surface area contributed by atoms with Crippen molar-refractivity contribution in [2.75, 3.05) is 0 Å². The zero-order valence-electron chi connectivity index (χ0n) is 16.9. The number of ether oxygens (including phenoxy) is 3. The van der Waals surface area contributed by atoms with E-state index in [1.165, 1.54) is 6.92 Å². The number of hydrogen-bond acceptors (Lipinski definition) is 5. The van der Waals surface area contributed by atoms with Gasteiger partial charge in [0.25, 0.3) is 0 Å². The van der Waals surface area contributed by atoms with E-state index in [0.717, 1.165) is 13.8 Å². The number of carbonyl (C=O) groups is 1. The van der Waals surface area contributed by atoms with E-state index in [-0.39, 0.29) is 37.2 Å². The Labute approximate surface area is 170 Å². The molecule has 1 spiro atoms. The van der Waals surface area contributed by atoms with Gasteiger partial charge in [0, 0.05) is 5.57 Å². The Morgan fingerprint density at radius 3 is 2.10 bits per heavy atom. The van der Waals surface area contributed by atoms with Crippen molar-refractivity contribution in [2.45, 2.75) is 87.8 Å². The molecule has 1 saturated heterocycles. The lowest BCUT2D eigenvalue weighted by Gasteiger charge is -2.69. The molecule has 4 bridgehead atoms. The lowest BCUT2D eigenvalue weighted by Crippen LogP contribution is -2.83. The Morgan fingerprint density at radius 1 is 1.10 bits per heavy atom. The van der Waals surface area contributed by atoms with Crippen molar-refractivity contribution in [3.05, 3.63) is 12.2 Å². The number of halogens is 5. The lowest BCUT2D eigenvalue weighted by molar-refractivity contribution is -0.560. The first kappa shape index (κ1) is 22.0. The predicted molar refractivity (Wildman–Crippen MR) is 92.1 cm³/mol. The molecule has 10 heteroatoms. The van der Waals surface area contributed by atoms with Crippen LogP contribution >= 0.6 is 0 Å². The summed E-state index contributed by atoms with van der Waals surface area (Å²) in [5.41, 5.74) is -3.48. The van der Waals surface area contributed by atoms with E-state index in [1.807, 2.05) is 0 Å². The lowest BCUT2D eigenvalue weighted by atomic mass is 9.46. The average molecular weight is 440 g/mol. The fourth-order valence-corrected chi connectivity index (χ4v) is 6.40. The largest absolute Gasteiger partial charge is 0.456 e. The quantitative estimate of drug-likeness (QED) is 0.398. The van der Waals surface area contributed by atoms with E-state index in [0.29, 0.717) is 6.42 Å². The van der Waals surface area contributed by atoms with Gasteiger partial charge in [-0.1, -0.05) is 6.58 Å². The van der Waals surface area contributed by atoms with Crippen molar-refractivity contribution in [2.24, 2.45) is 17.8 Å². The maximum atomic E-state index is 15.7. The topological polar surface area (TPSA) is 65.0 Å². The molecule has 0 aromatic rings. The molecule has 0 aromatic carbocycles. The second-order valence-electron chi connectivity index (χ2n) is 9.81. The van der Waals surface area contributed by atoms with Gasteiger partial charge in [-0.05, 0) is 70.6 Å². The first-order chi connectivity index (χ1) is 13.5. The summed E-state index contributed by atoms with van der Waals surface area (Å²) in [5.74, 6) is -14.4. The minimum Gasteiger partial charge on any atom is -0.456 e. The fourth-order valence-electron chi connectivity index (χ4n) is 6.40. The van der Waals surface area contributed by atoms with Crippen LogP contribution in [0.2, 0.25) is 0 Å². The van der Waals surface area contributed by atoms with Crippen LogP contribution in [-0.4, -0.2) is 46.0 Å². The smallest absolute Gasteiger partial charge is 0.449 e. The van der Waals surface area contributed by atoms with Gasteiger partial charge in [0.2, 0.25) is 0 Å². The average Bonchev–Trinajstić information content (AvgIpc) is 2.54. The molecule has 5 rings (SSSR count). The van der Waals surface area contributed by atoms with E-state index < -0.39 is 52.7 Å². The normalized spacial score (nSPS) is 46.1. The zero-order valence-corrected chi connectivity index (χ0v) is 16.9. The van der Waals surface area contributed by atoms with Crippen molar-refractivity contribution in [3.8, 4) is 0 Å². The molecule has 0 aromatic heterocycles. The number of esters is 1. The van der Waals surface area contributed by atoms with Crippen LogP contribution in [-0.2, 0) is 19.0 Å². The first-order valence-electron chi connectivity index (χ1n) is 9.95. The molecule has 4 aliphatic carbocycles. The Morgan fingerprint density at radius 2 is 1.63 bits per heavy atom. The second kappa shape index (κ2) is 5.95. The van der Waals surface area contributed by atoms with Crippen LogP contribution in [0.3, 0.4) is 0 Å². The molecule has 3 atom stereocenters. The number of aliphatic hydroxyl groups is 1. The highest BCUT2D eigenvalue weighted by molar-refractivity contribution is 5.87. The van der Waals surface area contributed by atoms with Crippen LogP contribution in [0.25, 0.3) is 0 Å². The van der Waals surface area contributed by atoms with Crippen LogP contribution in [0.4, 0.5) is 22.0 Å². The maximum absolute atomic E-state index is 15.7. The molecule has 30 heavy (non-hydrogen) atoms. The molecular formula is C20H25F5O5. The second-order valence-corrected chi connectivity index (χ2v) is 9.81. The Kier molecular flexibility index (Phi) is 4.35. The molecule has 3 unspecified atom stereocenters. The monoisotopic (exact) mass is 440 g/mol. The molecule has 4 saturated carbocycles. The summed E-state index contributed by atoms with van der Waals surface area (Å²) in [6.45, 7) is 7.17. The third-order valence-corrected chi connectivity index (χ3v) is 7.11. The standard InChI is InChI=1S/C20H25F5O5/c1-10(2)14(26)28-16-7-11-5-12(8-16)17(13(6-11)9-16)18(21,22)19(27,20(23,24)25)30-15(3,4)29-17/h11-13,27H,1,5-9H2,2-4H3. The molecular weight excluding hydrogens is 415 g/mol. The number of carbonyl (C=O) groups excluding carboxylic acids is 1. The van der Waals surface area contributed by atoms with Crippen molar-refractivity contribution in [1.82, 2.24) is 0 Å². The van der Waals surface area contributed by atoms with E-state index in [4.69, 9.17) is 9.47 Å². The van der Waals surface area contributed by atoms with E-state index in [2.05, 4.69) is 11.3 Å². The third kappa shape index (κ3) is 2.65. The minimum atomic E-state index is -5.75. The SMILES string of the molecule is C=C(C)C(=O)OC12CC3CC(C1)C1(OC(C)(C)OC(O)(C(F)(F)F)C1(F)F)C(C3)C2. The Hall–Kier alpha value is -1.26. The van der Waals surface area contributed by atoms with Gasteiger partial charge in [-0.15, -0.1) is 0 Å². The highest BCUT2D eigenvalue weighted by atomic mass is 19.4. The molecule has 5 nitrogen and oxygen atoms in total. The minimum absolute atomic E-state index is 0.0708. The summed E-state index contributed by atoms with van der Waals surface area (Å²) >= 11 is 0. The summed E-state index contributed by atoms with van der Waals surface area (Å²) in [7, 11) is 0. The summed E-state index contributed by atoms with van der Waals surface area (Å²) in [5, 5.41) is 10.2. The van der Waals surface area contributed by atoms with Gasteiger partial charge in [-0.2, -0.15) is 22.0 Å². The van der Waals surface area contributed by atoms with Gasteiger partial charge in [0.1, 0.15) is 11.2 Å². The summed E-state index contributed by atoms with van der Waals surface area (Å²) in [4.78, 5) is 12.2. The summed E-state index contributed by atoms with van der Waals surface area (Å²) < 4.78 is 88.2. The number of hydrogen-bond donors (Lipinski definition) is 1. The summed E-state index contributed by atoms with van der Waals surface area (Å²) in [6.07, 6.45) is -5.03. The zero-order chi connectivity index (χ0) is 22.5. The summed E-state index contributed by atoms with van der Waals surface area (Å²) in [6, 6.07) is 0. The van der Waals surface area contributed by atoms with Crippen LogP contribution in [0, 0.1) is 17.8 Å². The first-order valence-corrected chi connectivity index (χ1v) is 9.95. The molecule has 5 aliphatic rings. The van der Waals surface area contributed by atoms with Crippen molar-refractivity contribution in [3.63, 3.8) is 0 Å². The molecule has 0 amide bonds. The maximum Gasteiger partial charge on any atom is 0.449 e. The van der Waals surface area contributed by atoms with E-state index in [9.17, 15) is 23.1 Å². The molecule has 1 N–H and O–H groups in total. The molecule has 170 valence electrons. The predicted octanol–water partition coefficient (Wildman–Crippen LogP) is 4.09. The van der Waals surface area contributed by atoms with Crippen molar-refractivity contribution < 1.29 is 46.1 Å². The van der Waals surface area contributed by atoms with Crippen LogP contribution in [0.5, 0.6) is 0 Å². The van der Waals surface area contributed by atoms with Crippen molar-refractivity contribution in [1.29, 1.82) is 0 Å². The highest BCUT2D eigenvalue weighted by Gasteiger charge is 2.87. The van der Waals surface area contributed by atoms with E-state index in [1.54, 1.807) is 0 Å². The molecule has 1 heterocycles. The van der Waals surface area contributed by atoms with Crippen LogP contribution < -0.4 is 0 Å². The van der Waals surface area contributed by atoms with Crippen molar-refractivity contribution >= 4 is 5.97 Å². The number of rotatable bonds is 2. The Balaban J connectivity index is 1.80. The van der Waals surface area contributed by atoms with Gasteiger partial charge in [0.05, 0.1) is 0 Å². The number of alkyl halides is 5. The fraction of sp³-hybridized carbons (Fsp3) is 0.850. The van der Waals surface area contributed by atoms with Gasteiger partial charge in [-0.25, -0.2) is 4.79 Å². The molecule has 0 radical (unpaired) electrons. The molecule has 1 aliphatic heterocycles. The van der Waals surface area contributed by atoms with Gasteiger partial charge in [-0.3, -0.25) is 0 Å². The van der Waals surface area contributed by atoms with Crippen LogP contribution in [0.15, 0.2) is 12.2 Å². The third-order valence-electron chi connectivity index (χ3n) is 7.11.